The van der Waals surface area contributed by atoms with Crippen molar-refractivity contribution < 1.29 is 8.78 Å². The molecule has 0 unspecified atom stereocenters. The van der Waals surface area contributed by atoms with Crippen molar-refractivity contribution in [3.63, 3.8) is 0 Å². The maximum Gasteiger partial charge on any atom is 0.210 e. The molecule has 0 aliphatic carbocycles. The SMILES string of the molecule is CN=C(NN)Nc1cc(F)c(Br)cc1F. The summed E-state index contributed by atoms with van der Waals surface area (Å²) in [6, 6.07) is 2.02. The van der Waals surface area contributed by atoms with Gasteiger partial charge >= 0.3 is 0 Å². The lowest BCUT2D eigenvalue weighted by molar-refractivity contribution is 0.598. The summed E-state index contributed by atoms with van der Waals surface area (Å²) in [7, 11) is 1.45. The number of aliphatic imine (C=N–C) groups is 1. The first-order chi connectivity index (χ1) is 7.08. The molecule has 0 saturated carbocycles. The summed E-state index contributed by atoms with van der Waals surface area (Å²) in [5, 5.41) is 2.49. The van der Waals surface area contributed by atoms with E-state index in [-0.39, 0.29) is 16.1 Å². The van der Waals surface area contributed by atoms with Gasteiger partial charge in [0.15, 0.2) is 0 Å². The molecule has 0 saturated heterocycles. The van der Waals surface area contributed by atoms with Crippen LogP contribution in [0.25, 0.3) is 0 Å². The topological polar surface area (TPSA) is 62.4 Å². The van der Waals surface area contributed by atoms with Crippen LogP contribution in [-0.2, 0) is 0 Å². The normalized spacial score (nSPS) is 11.4. The van der Waals surface area contributed by atoms with Gasteiger partial charge in [0.25, 0.3) is 0 Å². The molecular formula is C8H9BrF2N4. The molecular weight excluding hydrogens is 270 g/mol. The van der Waals surface area contributed by atoms with Crippen molar-refractivity contribution in [3.05, 3.63) is 28.2 Å². The molecule has 0 spiro atoms. The van der Waals surface area contributed by atoms with E-state index in [0.717, 1.165) is 12.1 Å². The van der Waals surface area contributed by atoms with Crippen molar-refractivity contribution in [2.45, 2.75) is 0 Å². The number of halogens is 3. The van der Waals surface area contributed by atoms with E-state index in [0.29, 0.717) is 0 Å². The average molecular weight is 279 g/mol. The molecule has 0 heterocycles. The lowest BCUT2D eigenvalue weighted by Crippen LogP contribution is -2.36. The second-order valence-corrected chi connectivity index (χ2v) is 3.44. The van der Waals surface area contributed by atoms with Gasteiger partial charge in [-0.2, -0.15) is 0 Å². The minimum atomic E-state index is -0.611. The van der Waals surface area contributed by atoms with Gasteiger partial charge in [-0.3, -0.25) is 10.4 Å². The molecule has 82 valence electrons. The zero-order chi connectivity index (χ0) is 11.4. The molecule has 15 heavy (non-hydrogen) atoms. The van der Waals surface area contributed by atoms with Crippen LogP contribution in [0, 0.1) is 11.6 Å². The molecule has 0 fully saturated rings. The summed E-state index contributed by atoms with van der Waals surface area (Å²) in [4.78, 5) is 3.66. The van der Waals surface area contributed by atoms with Crippen LogP contribution in [0.2, 0.25) is 0 Å². The molecule has 0 amide bonds. The highest BCUT2D eigenvalue weighted by Gasteiger charge is 2.09. The lowest BCUT2D eigenvalue weighted by atomic mass is 10.3. The molecule has 0 atom stereocenters. The number of hydrogen-bond acceptors (Lipinski definition) is 2. The molecule has 4 nitrogen and oxygen atoms in total. The number of guanidine groups is 1. The van der Waals surface area contributed by atoms with Crippen LogP contribution in [0.15, 0.2) is 21.6 Å². The minimum absolute atomic E-state index is 0.0470. The van der Waals surface area contributed by atoms with Gasteiger partial charge < -0.3 is 5.32 Å². The van der Waals surface area contributed by atoms with Gasteiger partial charge in [-0.25, -0.2) is 14.6 Å². The number of nitrogens with one attached hydrogen (secondary N) is 2. The Morgan fingerprint density at radius 2 is 2.07 bits per heavy atom. The van der Waals surface area contributed by atoms with Crippen molar-refractivity contribution in [3.8, 4) is 0 Å². The van der Waals surface area contributed by atoms with Crippen LogP contribution in [0.1, 0.15) is 0 Å². The first kappa shape index (κ1) is 11.9. The van der Waals surface area contributed by atoms with Gasteiger partial charge in [-0.05, 0) is 22.0 Å². The van der Waals surface area contributed by atoms with Crippen LogP contribution in [0.5, 0.6) is 0 Å². The highest BCUT2D eigenvalue weighted by Crippen LogP contribution is 2.23. The molecule has 0 radical (unpaired) electrons. The van der Waals surface area contributed by atoms with E-state index in [4.69, 9.17) is 5.84 Å². The van der Waals surface area contributed by atoms with E-state index in [9.17, 15) is 8.78 Å². The van der Waals surface area contributed by atoms with E-state index in [1.54, 1.807) is 0 Å². The number of nitrogens with zero attached hydrogens (tertiary/aromatic N) is 1. The van der Waals surface area contributed by atoms with Crippen LogP contribution < -0.4 is 16.6 Å². The number of anilines is 1. The number of benzene rings is 1. The third-order valence-electron chi connectivity index (χ3n) is 1.62. The predicted molar refractivity (Wildman–Crippen MR) is 58.4 cm³/mol. The largest absolute Gasteiger partial charge is 0.323 e. The smallest absolute Gasteiger partial charge is 0.210 e. The fourth-order valence-electron chi connectivity index (χ4n) is 0.902. The third kappa shape index (κ3) is 2.87. The zero-order valence-corrected chi connectivity index (χ0v) is 9.40. The quantitative estimate of drug-likeness (QED) is 0.240. The van der Waals surface area contributed by atoms with E-state index < -0.39 is 11.6 Å². The number of hydrazine groups is 1. The first-order valence-corrected chi connectivity index (χ1v) is 4.72. The van der Waals surface area contributed by atoms with Gasteiger partial charge in [0.1, 0.15) is 11.6 Å². The molecule has 1 aromatic carbocycles. The Morgan fingerprint density at radius 3 is 2.60 bits per heavy atom. The summed E-state index contributed by atoms with van der Waals surface area (Å²) in [6.07, 6.45) is 0. The minimum Gasteiger partial charge on any atom is -0.323 e. The number of rotatable bonds is 1. The van der Waals surface area contributed by atoms with Gasteiger partial charge in [-0.15, -0.1) is 0 Å². The fourth-order valence-corrected chi connectivity index (χ4v) is 1.22. The van der Waals surface area contributed by atoms with Crippen molar-refractivity contribution in [1.82, 2.24) is 5.43 Å². The Bertz CT molecular complexity index is 394. The molecule has 0 bridgehead atoms. The predicted octanol–water partition coefficient (Wildman–Crippen LogP) is 1.59. The Hall–Kier alpha value is -1.21. The summed E-state index contributed by atoms with van der Waals surface area (Å²) < 4.78 is 26.4. The second-order valence-electron chi connectivity index (χ2n) is 2.59. The van der Waals surface area contributed by atoms with Crippen LogP contribution in [-0.4, -0.2) is 13.0 Å². The number of nitrogens with two attached hydrogens (primary N) is 1. The summed E-state index contributed by atoms with van der Waals surface area (Å²) in [5.74, 6) is 4.03. The summed E-state index contributed by atoms with van der Waals surface area (Å²) in [5.41, 5.74) is 2.15. The molecule has 0 aromatic heterocycles. The van der Waals surface area contributed by atoms with Crippen molar-refractivity contribution >= 4 is 27.6 Å². The average Bonchev–Trinajstić information content (AvgIpc) is 2.21. The van der Waals surface area contributed by atoms with E-state index in [2.05, 4.69) is 31.7 Å². The summed E-state index contributed by atoms with van der Waals surface area (Å²) >= 11 is 2.87. The lowest BCUT2D eigenvalue weighted by Gasteiger charge is -2.09. The van der Waals surface area contributed by atoms with Gasteiger partial charge in [0.05, 0.1) is 10.2 Å². The highest BCUT2D eigenvalue weighted by molar-refractivity contribution is 9.10. The molecule has 4 N–H and O–H groups in total. The molecule has 7 heteroatoms. The van der Waals surface area contributed by atoms with Crippen molar-refractivity contribution in [2.24, 2.45) is 10.8 Å². The monoisotopic (exact) mass is 278 g/mol. The maximum absolute atomic E-state index is 13.3. The fraction of sp³-hybridized carbons (Fsp3) is 0.125. The standard InChI is InChI=1S/C8H9BrF2N4/c1-13-8(15-12)14-7-3-5(10)4(9)2-6(7)11/h2-3H,12H2,1H3,(H2,13,14,15). The highest BCUT2D eigenvalue weighted by atomic mass is 79.9. The summed E-state index contributed by atoms with van der Waals surface area (Å²) in [6.45, 7) is 0. The van der Waals surface area contributed by atoms with Crippen LogP contribution in [0.3, 0.4) is 0 Å². The molecule has 0 aliphatic heterocycles. The number of hydrogen-bond donors (Lipinski definition) is 3. The first-order valence-electron chi connectivity index (χ1n) is 3.93. The van der Waals surface area contributed by atoms with Crippen molar-refractivity contribution in [2.75, 3.05) is 12.4 Å². The van der Waals surface area contributed by atoms with E-state index in [1.165, 1.54) is 7.05 Å². The molecule has 1 rings (SSSR count). The third-order valence-corrected chi connectivity index (χ3v) is 2.23. The van der Waals surface area contributed by atoms with Crippen molar-refractivity contribution in [1.29, 1.82) is 0 Å². The van der Waals surface area contributed by atoms with Crippen LogP contribution >= 0.6 is 15.9 Å². The zero-order valence-electron chi connectivity index (χ0n) is 7.81. The maximum atomic E-state index is 13.3. The Labute approximate surface area is 93.7 Å². The Kier molecular flexibility index (Phi) is 3.98. The Balaban J connectivity index is 3.00. The molecule has 1 aromatic rings. The Morgan fingerprint density at radius 1 is 1.40 bits per heavy atom. The van der Waals surface area contributed by atoms with Gasteiger partial charge in [0, 0.05) is 13.1 Å². The van der Waals surface area contributed by atoms with E-state index >= 15 is 0 Å². The van der Waals surface area contributed by atoms with E-state index in [1.807, 2.05) is 0 Å². The second kappa shape index (κ2) is 5.04. The van der Waals surface area contributed by atoms with Gasteiger partial charge in [-0.1, -0.05) is 0 Å². The van der Waals surface area contributed by atoms with Crippen LogP contribution in [0.4, 0.5) is 14.5 Å². The molecule has 0 aliphatic rings. The van der Waals surface area contributed by atoms with Gasteiger partial charge in [0.2, 0.25) is 5.96 Å².